The lowest BCUT2D eigenvalue weighted by molar-refractivity contribution is -0.160. The van der Waals surface area contributed by atoms with E-state index in [0.29, 0.717) is 30.8 Å². The minimum absolute atomic E-state index is 0.0726. The Morgan fingerprint density at radius 2 is 2.20 bits per heavy atom. The van der Waals surface area contributed by atoms with Crippen LogP contribution in [0.3, 0.4) is 0 Å². The van der Waals surface area contributed by atoms with E-state index in [4.69, 9.17) is 9.15 Å². The van der Waals surface area contributed by atoms with E-state index >= 15 is 0 Å². The molecule has 0 radical (unpaired) electrons. The number of hydrogen-bond acceptors (Lipinski definition) is 5. The number of methoxy groups -OCH3 is 1. The molecule has 0 spiro atoms. The van der Waals surface area contributed by atoms with Crippen molar-refractivity contribution < 1.29 is 23.5 Å². The molecule has 1 saturated heterocycles. The Kier molecular flexibility index (Phi) is 7.34. The van der Waals surface area contributed by atoms with Crippen LogP contribution in [0.4, 0.5) is 0 Å². The lowest BCUT2D eigenvalue weighted by Crippen LogP contribution is -2.53. The van der Waals surface area contributed by atoms with Crippen LogP contribution in [0.25, 0.3) is 0 Å². The topological polar surface area (TPSA) is 88.8 Å². The molecule has 0 saturated carbocycles. The summed E-state index contributed by atoms with van der Waals surface area (Å²) in [5, 5.41) is 2.89. The van der Waals surface area contributed by atoms with E-state index in [1.165, 1.54) is 7.11 Å². The van der Waals surface area contributed by atoms with Gasteiger partial charge < -0.3 is 19.4 Å². The van der Waals surface area contributed by atoms with Crippen molar-refractivity contribution in [2.24, 2.45) is 11.3 Å². The number of furan rings is 1. The summed E-state index contributed by atoms with van der Waals surface area (Å²) < 4.78 is 10.7. The van der Waals surface area contributed by atoms with Crippen molar-refractivity contribution in [3.63, 3.8) is 0 Å². The zero-order chi connectivity index (χ0) is 21.6. The molecule has 2 atom stereocenters. The lowest BCUT2D eigenvalue weighted by atomic mass is 9.69. The number of carbonyl (C=O) groups excluding carboxylic acids is 3. The molecule has 1 aliphatic heterocycles. The van der Waals surface area contributed by atoms with Gasteiger partial charge in [0.1, 0.15) is 11.2 Å². The van der Waals surface area contributed by atoms with E-state index in [1.54, 1.807) is 17.2 Å². The van der Waals surface area contributed by atoms with Gasteiger partial charge in [-0.25, -0.2) is 0 Å². The first-order chi connectivity index (χ1) is 14.5. The highest BCUT2D eigenvalue weighted by molar-refractivity contribution is 5.92. The number of amides is 2. The number of unbranched alkanes of at least 4 members (excludes halogenated alkanes) is 1. The molecule has 2 amide bonds. The number of esters is 1. The van der Waals surface area contributed by atoms with Crippen molar-refractivity contribution in [1.82, 2.24) is 10.2 Å². The van der Waals surface area contributed by atoms with Gasteiger partial charge in [0, 0.05) is 24.6 Å². The van der Waals surface area contributed by atoms with Crippen LogP contribution in [0.15, 0.2) is 34.6 Å². The van der Waals surface area contributed by atoms with Crippen molar-refractivity contribution in [2.45, 2.75) is 64.8 Å². The third-order valence-electron chi connectivity index (χ3n) is 6.14. The molecule has 1 fully saturated rings. The van der Waals surface area contributed by atoms with Crippen LogP contribution in [0.2, 0.25) is 0 Å². The fraction of sp³-hybridized carbons (Fsp3) is 0.609. The van der Waals surface area contributed by atoms with Gasteiger partial charge in [-0.15, -0.1) is 0 Å². The highest BCUT2D eigenvalue weighted by Crippen LogP contribution is 2.49. The van der Waals surface area contributed by atoms with E-state index in [1.807, 2.05) is 12.1 Å². The van der Waals surface area contributed by atoms with Gasteiger partial charge >= 0.3 is 5.97 Å². The van der Waals surface area contributed by atoms with Crippen LogP contribution in [-0.4, -0.2) is 36.3 Å². The van der Waals surface area contributed by atoms with Crippen molar-refractivity contribution in [2.75, 3.05) is 13.7 Å². The maximum atomic E-state index is 13.4. The molecule has 1 N–H and O–H groups in total. The second-order valence-electron chi connectivity index (χ2n) is 8.22. The maximum Gasteiger partial charge on any atom is 0.317 e. The van der Waals surface area contributed by atoms with Crippen LogP contribution in [0, 0.1) is 11.3 Å². The molecule has 1 aromatic rings. The number of carbonyl (C=O) groups is 3. The molecule has 1 aromatic heterocycles. The fourth-order valence-electron chi connectivity index (χ4n) is 4.62. The molecular weight excluding hydrogens is 384 g/mol. The largest absolute Gasteiger partial charge is 0.468 e. The molecule has 0 bridgehead atoms. The number of allylic oxidation sites excluding steroid dienone is 1. The van der Waals surface area contributed by atoms with E-state index < -0.39 is 11.3 Å². The average Bonchev–Trinajstić information content (AvgIpc) is 3.16. The summed E-state index contributed by atoms with van der Waals surface area (Å²) in [5.41, 5.74) is -0.198. The molecule has 7 nitrogen and oxygen atoms in total. The molecule has 1 aliphatic carbocycles. The Morgan fingerprint density at radius 3 is 2.90 bits per heavy atom. The normalized spacial score (nSPS) is 23.9. The van der Waals surface area contributed by atoms with Gasteiger partial charge in [0.15, 0.2) is 0 Å². The number of nitrogens with zero attached hydrogens (tertiary/aromatic N) is 1. The summed E-state index contributed by atoms with van der Waals surface area (Å²) in [6, 6.07) is 3.59. The molecule has 7 heteroatoms. The Morgan fingerprint density at radius 1 is 1.37 bits per heavy atom. The number of hydrogen-bond donors (Lipinski definition) is 1. The van der Waals surface area contributed by atoms with Crippen LogP contribution < -0.4 is 5.32 Å². The highest BCUT2D eigenvalue weighted by atomic mass is 16.5. The summed E-state index contributed by atoms with van der Waals surface area (Å²) in [5.74, 6) is -0.550. The molecule has 0 unspecified atom stereocenters. The zero-order valence-corrected chi connectivity index (χ0v) is 17.9. The smallest absolute Gasteiger partial charge is 0.317 e. The molecule has 2 heterocycles. The predicted octanol–water partition coefficient (Wildman–Crippen LogP) is 3.55. The van der Waals surface area contributed by atoms with Crippen LogP contribution in [-0.2, 0) is 25.7 Å². The summed E-state index contributed by atoms with van der Waals surface area (Å²) in [4.78, 5) is 40.6. The van der Waals surface area contributed by atoms with Crippen LogP contribution in [0.5, 0.6) is 0 Å². The van der Waals surface area contributed by atoms with Gasteiger partial charge in [-0.1, -0.05) is 25.8 Å². The Bertz CT molecular complexity index is 786. The first-order valence-electron chi connectivity index (χ1n) is 10.9. The minimum Gasteiger partial charge on any atom is -0.468 e. The number of ether oxygens (including phenoxy) is 1. The summed E-state index contributed by atoms with van der Waals surface area (Å²) in [7, 11) is 1.39. The Labute approximate surface area is 177 Å². The van der Waals surface area contributed by atoms with Gasteiger partial charge in [0.25, 0.3) is 0 Å². The third kappa shape index (κ3) is 4.60. The van der Waals surface area contributed by atoms with Crippen molar-refractivity contribution in [1.29, 1.82) is 0 Å². The van der Waals surface area contributed by atoms with E-state index in [2.05, 4.69) is 12.2 Å². The van der Waals surface area contributed by atoms with E-state index in [0.717, 1.165) is 32.1 Å². The SMILES string of the molecule is CCCCNC(=O)C[C@@H]1C[C@@]2(C(=O)OC)CCCCC=C2N(Cc2ccco2)C1=O. The van der Waals surface area contributed by atoms with Gasteiger partial charge in [0.05, 0.1) is 19.9 Å². The Hall–Kier alpha value is -2.57. The summed E-state index contributed by atoms with van der Waals surface area (Å²) in [6.45, 7) is 2.90. The summed E-state index contributed by atoms with van der Waals surface area (Å²) >= 11 is 0. The highest BCUT2D eigenvalue weighted by Gasteiger charge is 2.53. The number of piperidine rings is 1. The van der Waals surface area contributed by atoms with Gasteiger partial charge in [-0.2, -0.15) is 0 Å². The van der Waals surface area contributed by atoms with Crippen molar-refractivity contribution in [3.8, 4) is 0 Å². The molecule has 3 rings (SSSR count). The lowest BCUT2D eigenvalue weighted by Gasteiger charge is -2.45. The van der Waals surface area contributed by atoms with E-state index in [-0.39, 0.29) is 30.7 Å². The molecule has 2 aliphatic rings. The van der Waals surface area contributed by atoms with Gasteiger partial charge in [-0.3, -0.25) is 14.4 Å². The molecule has 164 valence electrons. The number of likely N-dealkylation sites (tertiary alicyclic amines) is 1. The van der Waals surface area contributed by atoms with Crippen LogP contribution >= 0.6 is 0 Å². The number of rotatable bonds is 8. The second-order valence-corrected chi connectivity index (χ2v) is 8.22. The van der Waals surface area contributed by atoms with Crippen LogP contribution in [0.1, 0.15) is 64.1 Å². The van der Waals surface area contributed by atoms with Crippen molar-refractivity contribution >= 4 is 17.8 Å². The van der Waals surface area contributed by atoms with Crippen molar-refractivity contribution in [3.05, 3.63) is 35.9 Å². The molecular formula is C23H32N2O5. The standard InChI is InChI=1S/C23H32N2O5/c1-3-4-12-24-20(26)14-17-15-23(22(28)29-2)11-7-5-6-10-19(23)25(21(17)27)16-18-9-8-13-30-18/h8-10,13,17H,3-7,11-12,14-16H2,1-2H3,(H,24,26)/t17-,23+/m1/s1. The van der Waals surface area contributed by atoms with Gasteiger partial charge in [0.2, 0.25) is 11.8 Å². The monoisotopic (exact) mass is 416 g/mol. The van der Waals surface area contributed by atoms with E-state index in [9.17, 15) is 14.4 Å². The first-order valence-corrected chi connectivity index (χ1v) is 10.9. The summed E-state index contributed by atoms with van der Waals surface area (Å²) in [6.07, 6.45) is 9.07. The van der Waals surface area contributed by atoms with Gasteiger partial charge in [-0.05, 0) is 44.2 Å². The first kappa shape index (κ1) is 22.1. The average molecular weight is 417 g/mol. The quantitative estimate of drug-likeness (QED) is 0.517. The number of nitrogens with one attached hydrogen (secondary N) is 1. The predicted molar refractivity (Wildman–Crippen MR) is 111 cm³/mol. The maximum absolute atomic E-state index is 13.4. The number of fused-ring (bicyclic) bond motifs is 1. The third-order valence-corrected chi connectivity index (χ3v) is 6.14. The Balaban J connectivity index is 1.92. The zero-order valence-electron chi connectivity index (χ0n) is 17.9. The molecule has 0 aromatic carbocycles. The second kappa shape index (κ2) is 9.96. The minimum atomic E-state index is -0.903. The molecule has 30 heavy (non-hydrogen) atoms. The fourth-order valence-corrected chi connectivity index (χ4v) is 4.62.